The smallest absolute Gasteiger partial charge is 0.303 e. The molecule has 4 nitrogen and oxygen atoms in total. The summed E-state index contributed by atoms with van der Waals surface area (Å²) in [5, 5.41) is 0. The molecule has 0 bridgehead atoms. The van der Waals surface area contributed by atoms with Gasteiger partial charge in [-0.2, -0.15) is 0 Å². The summed E-state index contributed by atoms with van der Waals surface area (Å²) < 4.78 is 2.67. The number of nitrogens with zero attached hydrogens (tertiary/aromatic N) is 2. The highest BCUT2D eigenvalue weighted by atomic mass is 16.2. The Hall–Kier alpha value is -2.10. The number of aryl methyl sites for hydroxylation is 3. The summed E-state index contributed by atoms with van der Waals surface area (Å²) >= 11 is 0. The van der Waals surface area contributed by atoms with E-state index in [0.29, 0.717) is 6.54 Å². The van der Waals surface area contributed by atoms with Gasteiger partial charge in [0, 0.05) is 19.3 Å². The Morgan fingerprint density at radius 3 is 2.47 bits per heavy atom. The molecule has 1 heterocycles. The van der Waals surface area contributed by atoms with Crippen molar-refractivity contribution in [2.24, 2.45) is 7.05 Å². The van der Waals surface area contributed by atoms with Crippen LogP contribution in [0.2, 0.25) is 0 Å². The molecule has 2 aromatic rings. The molecule has 0 radical (unpaired) electrons. The van der Waals surface area contributed by atoms with E-state index in [2.05, 4.69) is 13.0 Å². The van der Waals surface area contributed by atoms with Crippen LogP contribution in [-0.2, 0) is 20.0 Å². The number of rotatable bonds is 3. The minimum absolute atomic E-state index is 0.261. The number of aromatic nitrogens is 2. The van der Waals surface area contributed by atoms with Gasteiger partial charge in [0.15, 0.2) is 0 Å². The summed E-state index contributed by atoms with van der Waals surface area (Å²) in [5.74, 6) is 0. The molecule has 0 spiro atoms. The Morgan fingerprint density at radius 2 is 1.79 bits per heavy atom. The predicted molar refractivity (Wildman–Crippen MR) is 75.6 cm³/mol. The van der Waals surface area contributed by atoms with Gasteiger partial charge in [0.05, 0.1) is 6.54 Å². The molecule has 4 heteroatoms. The van der Waals surface area contributed by atoms with Crippen molar-refractivity contribution in [2.75, 3.05) is 0 Å². The molecule has 0 saturated carbocycles. The predicted octanol–water partition coefficient (Wildman–Crippen LogP) is 1.47. The van der Waals surface area contributed by atoms with Gasteiger partial charge in [-0.1, -0.05) is 30.7 Å². The molecule has 0 atom stereocenters. The molecule has 0 N–H and O–H groups in total. The van der Waals surface area contributed by atoms with Gasteiger partial charge in [0.25, 0.3) is 5.56 Å². The van der Waals surface area contributed by atoms with E-state index in [1.165, 1.54) is 27.0 Å². The van der Waals surface area contributed by atoms with E-state index in [4.69, 9.17) is 0 Å². The molecule has 0 saturated heterocycles. The second-order valence-electron chi connectivity index (χ2n) is 4.81. The topological polar surface area (TPSA) is 44.0 Å². The fraction of sp³-hybridized carbons (Fsp3) is 0.333. The first-order valence-electron chi connectivity index (χ1n) is 6.37. The molecule has 0 fully saturated rings. The van der Waals surface area contributed by atoms with E-state index in [1.807, 2.05) is 19.1 Å². The summed E-state index contributed by atoms with van der Waals surface area (Å²) in [7, 11) is 1.64. The minimum atomic E-state index is -0.285. The van der Waals surface area contributed by atoms with Crippen molar-refractivity contribution >= 4 is 0 Å². The molecule has 19 heavy (non-hydrogen) atoms. The summed E-state index contributed by atoms with van der Waals surface area (Å²) in [5.41, 5.74) is 2.81. The molecule has 0 aliphatic heterocycles. The molecule has 2 rings (SSSR count). The van der Waals surface area contributed by atoms with Gasteiger partial charge in [-0.25, -0.2) is 4.79 Å². The highest BCUT2D eigenvalue weighted by Crippen LogP contribution is 2.10. The van der Waals surface area contributed by atoms with E-state index >= 15 is 0 Å². The summed E-state index contributed by atoms with van der Waals surface area (Å²) in [6.45, 7) is 4.43. The first kappa shape index (κ1) is 13.3. The number of benzene rings is 1. The fourth-order valence-electron chi connectivity index (χ4n) is 2.19. The van der Waals surface area contributed by atoms with Crippen molar-refractivity contribution < 1.29 is 0 Å². The van der Waals surface area contributed by atoms with Gasteiger partial charge in [0.2, 0.25) is 0 Å². The van der Waals surface area contributed by atoms with Crippen LogP contribution in [-0.4, -0.2) is 9.13 Å². The van der Waals surface area contributed by atoms with Crippen LogP contribution in [0.3, 0.4) is 0 Å². The van der Waals surface area contributed by atoms with Crippen LogP contribution >= 0.6 is 0 Å². The average molecular weight is 258 g/mol. The Bertz CT molecular complexity index is 711. The standard InChI is InChI=1S/C15H18N2O2/c1-4-12-7-11(2)8-13(9-12)10-17-14(18)5-6-16(3)15(17)19/h5-9H,4,10H2,1-3H3. The zero-order valence-corrected chi connectivity index (χ0v) is 11.5. The lowest BCUT2D eigenvalue weighted by Crippen LogP contribution is -2.38. The lowest BCUT2D eigenvalue weighted by Gasteiger charge is -2.09. The van der Waals surface area contributed by atoms with Gasteiger partial charge in [-0.3, -0.25) is 9.36 Å². The van der Waals surface area contributed by atoms with Crippen LogP contribution in [0.15, 0.2) is 40.1 Å². The second kappa shape index (κ2) is 5.26. The first-order chi connectivity index (χ1) is 9.01. The van der Waals surface area contributed by atoms with E-state index in [9.17, 15) is 9.59 Å². The van der Waals surface area contributed by atoms with Crippen molar-refractivity contribution in [1.82, 2.24) is 9.13 Å². The monoisotopic (exact) mass is 258 g/mol. The zero-order valence-electron chi connectivity index (χ0n) is 11.5. The summed E-state index contributed by atoms with van der Waals surface area (Å²) in [6, 6.07) is 7.59. The minimum Gasteiger partial charge on any atom is -0.303 e. The van der Waals surface area contributed by atoms with Gasteiger partial charge in [-0.15, -0.1) is 0 Å². The Morgan fingerprint density at radius 1 is 1.11 bits per heavy atom. The SMILES string of the molecule is CCc1cc(C)cc(Cn2c(=O)ccn(C)c2=O)c1. The first-order valence-corrected chi connectivity index (χ1v) is 6.37. The molecule has 0 aliphatic carbocycles. The molecule has 0 aliphatic rings. The maximum atomic E-state index is 12.0. The normalized spacial score (nSPS) is 10.7. The maximum absolute atomic E-state index is 12.0. The third-order valence-corrected chi connectivity index (χ3v) is 3.19. The van der Waals surface area contributed by atoms with E-state index in [1.54, 1.807) is 7.05 Å². The number of hydrogen-bond acceptors (Lipinski definition) is 2. The fourth-order valence-corrected chi connectivity index (χ4v) is 2.19. The van der Waals surface area contributed by atoms with Gasteiger partial charge in [-0.05, 0) is 24.5 Å². The molecule has 0 unspecified atom stereocenters. The van der Waals surface area contributed by atoms with Crippen molar-refractivity contribution in [3.05, 3.63) is 68.0 Å². The lowest BCUT2D eigenvalue weighted by molar-refractivity contribution is 0.639. The van der Waals surface area contributed by atoms with Crippen molar-refractivity contribution in [2.45, 2.75) is 26.8 Å². The van der Waals surface area contributed by atoms with Crippen LogP contribution in [0.5, 0.6) is 0 Å². The van der Waals surface area contributed by atoms with Crippen LogP contribution in [0.1, 0.15) is 23.6 Å². The Labute approximate surface area is 111 Å². The molecule has 1 aromatic carbocycles. The number of hydrogen-bond donors (Lipinski definition) is 0. The maximum Gasteiger partial charge on any atom is 0.331 e. The summed E-state index contributed by atoms with van der Waals surface area (Å²) in [6.07, 6.45) is 2.44. The second-order valence-corrected chi connectivity index (χ2v) is 4.81. The molecule has 0 amide bonds. The van der Waals surface area contributed by atoms with Crippen molar-refractivity contribution in [1.29, 1.82) is 0 Å². The van der Waals surface area contributed by atoms with E-state index in [-0.39, 0.29) is 11.2 Å². The molecular weight excluding hydrogens is 240 g/mol. The van der Waals surface area contributed by atoms with E-state index < -0.39 is 0 Å². The molecule has 100 valence electrons. The third kappa shape index (κ3) is 2.84. The quantitative estimate of drug-likeness (QED) is 0.836. The lowest BCUT2D eigenvalue weighted by atomic mass is 10.0. The zero-order chi connectivity index (χ0) is 14.0. The largest absolute Gasteiger partial charge is 0.331 e. The Kier molecular flexibility index (Phi) is 3.69. The third-order valence-electron chi connectivity index (χ3n) is 3.19. The average Bonchev–Trinajstić information content (AvgIpc) is 2.38. The van der Waals surface area contributed by atoms with E-state index in [0.717, 1.165) is 17.5 Å². The van der Waals surface area contributed by atoms with Gasteiger partial charge < -0.3 is 4.57 Å². The highest BCUT2D eigenvalue weighted by molar-refractivity contribution is 5.29. The van der Waals surface area contributed by atoms with Crippen molar-refractivity contribution in [3.63, 3.8) is 0 Å². The Balaban J connectivity index is 2.47. The van der Waals surface area contributed by atoms with Gasteiger partial charge in [0.1, 0.15) is 0 Å². The van der Waals surface area contributed by atoms with Crippen LogP contribution in [0, 0.1) is 6.92 Å². The van der Waals surface area contributed by atoms with Crippen LogP contribution in [0.25, 0.3) is 0 Å². The van der Waals surface area contributed by atoms with Crippen LogP contribution in [0.4, 0.5) is 0 Å². The molecular formula is C15H18N2O2. The van der Waals surface area contributed by atoms with Crippen molar-refractivity contribution in [3.8, 4) is 0 Å². The van der Waals surface area contributed by atoms with Gasteiger partial charge >= 0.3 is 5.69 Å². The molecule has 1 aromatic heterocycles. The highest BCUT2D eigenvalue weighted by Gasteiger charge is 2.05. The summed E-state index contributed by atoms with van der Waals surface area (Å²) in [4.78, 5) is 23.7. The van der Waals surface area contributed by atoms with Crippen LogP contribution < -0.4 is 11.2 Å².